The lowest BCUT2D eigenvalue weighted by Crippen LogP contribution is -2.67. The monoisotopic (exact) mass is 477 g/mol. The average Bonchev–Trinajstić information content (AvgIpc) is 3.27. The van der Waals surface area contributed by atoms with E-state index in [0.29, 0.717) is 18.7 Å². The molecule has 3 aromatic heterocycles. The number of carbonyl (C=O) groups excluding carboxylic acids is 2. The van der Waals surface area contributed by atoms with Gasteiger partial charge in [0.25, 0.3) is 5.91 Å². The highest BCUT2D eigenvalue weighted by Gasteiger charge is 2.55. The number of hydrogen-bond donors (Lipinski definition) is 1. The van der Waals surface area contributed by atoms with E-state index in [1.165, 1.54) is 11.1 Å². The number of urea groups is 1. The topological polar surface area (TPSA) is 97.0 Å². The Morgan fingerprint density at radius 3 is 2.65 bits per heavy atom. The van der Waals surface area contributed by atoms with Crippen LogP contribution < -0.4 is 10.1 Å². The first kappa shape index (κ1) is 22.0. The fourth-order valence-electron chi connectivity index (χ4n) is 4.80. The van der Waals surface area contributed by atoms with E-state index in [4.69, 9.17) is 0 Å². The first-order valence-electron chi connectivity index (χ1n) is 10.6. The summed E-state index contributed by atoms with van der Waals surface area (Å²) in [5, 5.41) is 6.76. The van der Waals surface area contributed by atoms with Crippen LogP contribution in [0.15, 0.2) is 37.1 Å². The third-order valence-corrected chi connectivity index (χ3v) is 6.51. The first-order chi connectivity index (χ1) is 16.0. The Kier molecular flexibility index (Phi) is 4.95. The SMILES string of the molecule is CN(C(=O)Nc1cncc(OC(F)(F)F)c1)C1CC2(C1)CN(C(=O)c1cnn3ccn(C)c13)C2. The molecule has 0 aromatic carbocycles. The number of imidazole rings is 1. The molecule has 3 aromatic rings. The number of carbonyl (C=O) groups is 2. The van der Waals surface area contributed by atoms with Crippen molar-refractivity contribution in [2.45, 2.75) is 25.2 Å². The number of ether oxygens (including phenoxy) is 1. The van der Waals surface area contributed by atoms with Crippen LogP contribution in [0.1, 0.15) is 23.2 Å². The molecule has 0 unspecified atom stereocenters. The number of nitrogens with one attached hydrogen (secondary N) is 1. The van der Waals surface area contributed by atoms with E-state index in [-0.39, 0.29) is 23.1 Å². The van der Waals surface area contributed by atoms with Crippen LogP contribution in [-0.4, -0.2) is 73.4 Å². The van der Waals surface area contributed by atoms with Crippen molar-refractivity contribution in [3.05, 3.63) is 42.6 Å². The van der Waals surface area contributed by atoms with Crippen LogP contribution in [-0.2, 0) is 7.05 Å². The van der Waals surface area contributed by atoms with Gasteiger partial charge >= 0.3 is 12.4 Å². The van der Waals surface area contributed by atoms with E-state index >= 15 is 0 Å². The standard InChI is InChI=1S/C21H22F3N7O3/c1-28-3-4-31-17(28)16(10-26-31)18(32)30-11-20(12-30)6-14(7-20)29(2)19(33)27-13-5-15(9-25-8-13)34-21(22,23)24/h3-5,8-10,14H,6-7,11-12H2,1-2H3,(H,27,33). The lowest BCUT2D eigenvalue weighted by molar-refractivity contribution is -0.274. The van der Waals surface area contributed by atoms with Crippen LogP contribution in [0.2, 0.25) is 0 Å². The third kappa shape index (κ3) is 3.90. The molecule has 10 nitrogen and oxygen atoms in total. The fourth-order valence-corrected chi connectivity index (χ4v) is 4.80. The summed E-state index contributed by atoms with van der Waals surface area (Å²) in [6.45, 7) is 1.22. The Balaban J connectivity index is 1.14. The summed E-state index contributed by atoms with van der Waals surface area (Å²) in [6.07, 6.45) is 4.00. The minimum absolute atomic E-state index is 0.0165. The highest BCUT2D eigenvalue weighted by molar-refractivity contribution is 6.00. The van der Waals surface area contributed by atoms with Gasteiger partial charge in [0.1, 0.15) is 17.0 Å². The number of amides is 3. The summed E-state index contributed by atoms with van der Waals surface area (Å²) in [5.74, 6) is -0.578. The maximum atomic E-state index is 12.9. The number of likely N-dealkylation sites (tertiary alicyclic amines) is 1. The van der Waals surface area contributed by atoms with Crippen molar-refractivity contribution in [3.8, 4) is 5.75 Å². The van der Waals surface area contributed by atoms with E-state index < -0.39 is 18.1 Å². The molecule has 0 atom stereocenters. The zero-order valence-corrected chi connectivity index (χ0v) is 18.4. The molecular weight excluding hydrogens is 455 g/mol. The summed E-state index contributed by atoms with van der Waals surface area (Å²) in [5.41, 5.74) is 1.38. The largest absolute Gasteiger partial charge is 0.573 e. The van der Waals surface area contributed by atoms with Crippen molar-refractivity contribution in [2.75, 3.05) is 25.5 Å². The minimum Gasteiger partial charge on any atom is -0.404 e. The Morgan fingerprint density at radius 2 is 1.94 bits per heavy atom. The van der Waals surface area contributed by atoms with E-state index in [1.54, 1.807) is 28.9 Å². The number of hydrogen-bond acceptors (Lipinski definition) is 5. The molecule has 180 valence electrons. The second-order valence-corrected chi connectivity index (χ2v) is 8.96. The Morgan fingerprint density at radius 1 is 1.21 bits per heavy atom. The molecular formula is C21H22F3N7O3. The van der Waals surface area contributed by atoms with E-state index in [9.17, 15) is 22.8 Å². The molecule has 4 heterocycles. The summed E-state index contributed by atoms with van der Waals surface area (Å²) < 4.78 is 44.5. The van der Waals surface area contributed by atoms with Gasteiger partial charge in [0, 0.05) is 57.1 Å². The number of nitrogens with zero attached hydrogens (tertiary/aromatic N) is 6. The minimum atomic E-state index is -4.84. The number of aryl methyl sites for hydroxylation is 1. The van der Waals surface area contributed by atoms with Crippen molar-refractivity contribution >= 4 is 23.3 Å². The Bertz CT molecular complexity index is 1250. The van der Waals surface area contributed by atoms with Gasteiger partial charge in [0.2, 0.25) is 0 Å². The van der Waals surface area contributed by atoms with Crippen LogP contribution in [0.5, 0.6) is 5.75 Å². The molecule has 1 N–H and O–H groups in total. The molecule has 3 amide bonds. The smallest absolute Gasteiger partial charge is 0.404 e. The van der Waals surface area contributed by atoms with Crippen molar-refractivity contribution < 1.29 is 27.5 Å². The van der Waals surface area contributed by atoms with Gasteiger partial charge in [-0.05, 0) is 12.8 Å². The number of halogens is 3. The van der Waals surface area contributed by atoms with Gasteiger partial charge in [-0.1, -0.05) is 0 Å². The van der Waals surface area contributed by atoms with Crippen molar-refractivity contribution in [1.82, 2.24) is 29.0 Å². The molecule has 1 spiro atoms. The van der Waals surface area contributed by atoms with Crippen LogP contribution in [0.25, 0.3) is 5.65 Å². The molecule has 13 heteroatoms. The van der Waals surface area contributed by atoms with Crippen LogP contribution >= 0.6 is 0 Å². The highest BCUT2D eigenvalue weighted by Crippen LogP contribution is 2.50. The number of fused-ring (bicyclic) bond motifs is 1. The number of pyridine rings is 1. The van der Waals surface area contributed by atoms with Crippen molar-refractivity contribution in [1.29, 1.82) is 0 Å². The quantitative estimate of drug-likeness (QED) is 0.623. The molecule has 1 saturated carbocycles. The van der Waals surface area contributed by atoms with Gasteiger partial charge in [0.05, 0.1) is 24.3 Å². The zero-order valence-electron chi connectivity index (χ0n) is 18.4. The highest BCUT2D eigenvalue weighted by atomic mass is 19.4. The first-order valence-corrected chi connectivity index (χ1v) is 10.6. The summed E-state index contributed by atoms with van der Waals surface area (Å²) in [6, 6.07) is 0.573. The lowest BCUT2D eigenvalue weighted by atomic mass is 9.60. The number of aromatic nitrogens is 4. The van der Waals surface area contributed by atoms with E-state index in [0.717, 1.165) is 30.8 Å². The van der Waals surface area contributed by atoms with Crippen LogP contribution in [0.3, 0.4) is 0 Å². The zero-order chi connectivity index (χ0) is 24.3. The molecule has 5 rings (SSSR count). The number of alkyl halides is 3. The molecule has 0 radical (unpaired) electrons. The van der Waals surface area contributed by atoms with Gasteiger partial charge in [-0.15, -0.1) is 13.2 Å². The molecule has 2 aliphatic rings. The van der Waals surface area contributed by atoms with Gasteiger partial charge in [-0.2, -0.15) is 5.10 Å². The van der Waals surface area contributed by atoms with Gasteiger partial charge in [-0.3, -0.25) is 9.78 Å². The lowest BCUT2D eigenvalue weighted by Gasteiger charge is -2.60. The summed E-state index contributed by atoms with van der Waals surface area (Å²) >= 11 is 0. The van der Waals surface area contributed by atoms with Crippen LogP contribution in [0, 0.1) is 5.41 Å². The van der Waals surface area contributed by atoms with Crippen molar-refractivity contribution in [2.24, 2.45) is 12.5 Å². The normalized spacial score (nSPS) is 17.4. The van der Waals surface area contributed by atoms with Crippen LogP contribution in [0.4, 0.5) is 23.7 Å². The predicted octanol–water partition coefficient (Wildman–Crippen LogP) is 2.73. The molecule has 2 fully saturated rings. The maximum absolute atomic E-state index is 12.9. The predicted molar refractivity (Wildman–Crippen MR) is 113 cm³/mol. The van der Waals surface area contributed by atoms with Gasteiger partial charge in [-0.25, -0.2) is 9.31 Å². The van der Waals surface area contributed by atoms with Gasteiger partial charge < -0.3 is 24.4 Å². The Labute approximate surface area is 191 Å². The average molecular weight is 477 g/mol. The second-order valence-electron chi connectivity index (χ2n) is 8.96. The van der Waals surface area contributed by atoms with Crippen molar-refractivity contribution in [3.63, 3.8) is 0 Å². The second kappa shape index (κ2) is 7.64. The maximum Gasteiger partial charge on any atom is 0.573 e. The van der Waals surface area contributed by atoms with Gasteiger partial charge in [0.15, 0.2) is 0 Å². The molecule has 1 saturated heterocycles. The number of rotatable bonds is 4. The van der Waals surface area contributed by atoms with E-state index in [1.807, 2.05) is 17.8 Å². The molecule has 1 aliphatic carbocycles. The molecule has 34 heavy (non-hydrogen) atoms. The Hall–Kier alpha value is -3.77. The third-order valence-electron chi connectivity index (χ3n) is 6.51. The molecule has 0 bridgehead atoms. The molecule has 1 aliphatic heterocycles. The fraction of sp³-hybridized carbons (Fsp3) is 0.429. The number of anilines is 1. The summed E-state index contributed by atoms with van der Waals surface area (Å²) in [7, 11) is 3.50. The van der Waals surface area contributed by atoms with E-state index in [2.05, 4.69) is 20.1 Å². The summed E-state index contributed by atoms with van der Waals surface area (Å²) in [4.78, 5) is 32.5.